The van der Waals surface area contributed by atoms with Crippen molar-refractivity contribution in [2.24, 2.45) is 0 Å². The van der Waals surface area contributed by atoms with E-state index >= 15 is 0 Å². The summed E-state index contributed by atoms with van der Waals surface area (Å²) in [5.74, 6) is -0.835. The van der Waals surface area contributed by atoms with Crippen LogP contribution in [0.4, 0.5) is 0 Å². The van der Waals surface area contributed by atoms with E-state index in [1.165, 1.54) is 0 Å². The monoisotopic (exact) mass is 206 g/mol. The van der Waals surface area contributed by atoms with Crippen LogP contribution in [0, 0.1) is 0 Å². The van der Waals surface area contributed by atoms with Gasteiger partial charge in [-0.05, 0) is 17.5 Å². The van der Waals surface area contributed by atoms with Crippen LogP contribution < -0.4 is 0 Å². The first-order valence-electron chi connectivity index (χ1n) is 4.81. The molecule has 1 rings (SSSR count). The van der Waals surface area contributed by atoms with Crippen LogP contribution in [-0.4, -0.2) is 22.8 Å². The molecular formula is C12H14O3. The van der Waals surface area contributed by atoms with Crippen molar-refractivity contribution in [3.05, 3.63) is 41.5 Å². The number of carboxylic acids is 1. The van der Waals surface area contributed by atoms with E-state index in [-0.39, 0.29) is 13.0 Å². The van der Waals surface area contributed by atoms with Crippen molar-refractivity contribution in [3.8, 4) is 0 Å². The second kappa shape index (κ2) is 5.98. The summed E-state index contributed by atoms with van der Waals surface area (Å²) in [6, 6.07) is 7.35. The molecule has 0 aliphatic rings. The lowest BCUT2D eigenvalue weighted by Crippen LogP contribution is -2.01. The molecule has 80 valence electrons. The molecule has 1 aromatic rings. The highest BCUT2D eigenvalue weighted by Gasteiger charge is 2.03. The first kappa shape index (κ1) is 11.5. The molecular weight excluding hydrogens is 192 g/mol. The van der Waals surface area contributed by atoms with E-state index in [2.05, 4.69) is 0 Å². The molecule has 0 saturated heterocycles. The summed E-state index contributed by atoms with van der Waals surface area (Å²) in [7, 11) is 0. The first-order valence-corrected chi connectivity index (χ1v) is 4.81. The topological polar surface area (TPSA) is 57.5 Å². The third kappa shape index (κ3) is 3.95. The van der Waals surface area contributed by atoms with Crippen molar-refractivity contribution >= 4 is 12.0 Å². The van der Waals surface area contributed by atoms with Gasteiger partial charge in [-0.1, -0.05) is 36.4 Å². The standard InChI is InChI=1S/C12H14O3/c13-8-4-3-6-10-5-1-2-7-11(10)9-12(14)15/h1-3,5-7,13H,4,8-9H2,(H,14,15). The number of hydrogen-bond acceptors (Lipinski definition) is 2. The third-order valence-electron chi connectivity index (χ3n) is 1.99. The van der Waals surface area contributed by atoms with Crippen molar-refractivity contribution in [1.29, 1.82) is 0 Å². The molecule has 0 radical (unpaired) electrons. The fraction of sp³-hybridized carbons (Fsp3) is 0.250. The smallest absolute Gasteiger partial charge is 0.307 e. The number of carboxylic acid groups (broad SMARTS) is 1. The molecule has 0 aliphatic carbocycles. The average molecular weight is 206 g/mol. The van der Waals surface area contributed by atoms with E-state index in [1.54, 1.807) is 6.07 Å². The molecule has 1 aromatic carbocycles. The number of rotatable bonds is 5. The van der Waals surface area contributed by atoms with Gasteiger partial charge in [-0.15, -0.1) is 0 Å². The maximum atomic E-state index is 10.6. The first-order chi connectivity index (χ1) is 7.24. The quantitative estimate of drug-likeness (QED) is 0.771. The molecule has 3 heteroatoms. The van der Waals surface area contributed by atoms with Crippen molar-refractivity contribution in [1.82, 2.24) is 0 Å². The van der Waals surface area contributed by atoms with Crippen molar-refractivity contribution < 1.29 is 15.0 Å². The number of aliphatic carboxylic acids is 1. The van der Waals surface area contributed by atoms with Crippen molar-refractivity contribution in [3.63, 3.8) is 0 Å². The Labute approximate surface area is 88.7 Å². The SMILES string of the molecule is O=C(O)Cc1ccccc1C=CCCO. The highest BCUT2D eigenvalue weighted by atomic mass is 16.4. The summed E-state index contributed by atoms with van der Waals surface area (Å²) in [5.41, 5.74) is 1.69. The molecule has 0 unspecified atom stereocenters. The summed E-state index contributed by atoms with van der Waals surface area (Å²) in [4.78, 5) is 10.6. The van der Waals surface area contributed by atoms with Gasteiger partial charge in [0.05, 0.1) is 6.42 Å². The van der Waals surface area contributed by atoms with Crippen LogP contribution in [-0.2, 0) is 11.2 Å². The van der Waals surface area contributed by atoms with Gasteiger partial charge < -0.3 is 10.2 Å². The molecule has 0 saturated carbocycles. The Morgan fingerprint density at radius 2 is 2.07 bits per heavy atom. The molecule has 0 amide bonds. The Morgan fingerprint density at radius 1 is 1.33 bits per heavy atom. The summed E-state index contributed by atoms with van der Waals surface area (Å²) in [5, 5.41) is 17.3. The van der Waals surface area contributed by atoms with Gasteiger partial charge in [0, 0.05) is 6.61 Å². The lowest BCUT2D eigenvalue weighted by molar-refractivity contribution is -0.136. The lowest BCUT2D eigenvalue weighted by Gasteiger charge is -2.02. The summed E-state index contributed by atoms with van der Waals surface area (Å²) < 4.78 is 0. The van der Waals surface area contributed by atoms with Gasteiger partial charge in [0.1, 0.15) is 0 Å². The Bertz CT molecular complexity index is 356. The van der Waals surface area contributed by atoms with Gasteiger partial charge in [-0.25, -0.2) is 0 Å². The summed E-state index contributed by atoms with van der Waals surface area (Å²) >= 11 is 0. The second-order valence-electron chi connectivity index (χ2n) is 3.18. The maximum absolute atomic E-state index is 10.6. The number of aliphatic hydroxyl groups excluding tert-OH is 1. The minimum Gasteiger partial charge on any atom is -0.481 e. The third-order valence-corrected chi connectivity index (χ3v) is 1.99. The number of aliphatic hydroxyl groups is 1. The van der Waals surface area contributed by atoms with E-state index in [1.807, 2.05) is 30.4 Å². The van der Waals surface area contributed by atoms with Crippen molar-refractivity contribution in [2.75, 3.05) is 6.61 Å². The Hall–Kier alpha value is -1.61. The molecule has 0 aliphatic heterocycles. The van der Waals surface area contributed by atoms with E-state index in [0.717, 1.165) is 11.1 Å². The zero-order valence-electron chi connectivity index (χ0n) is 8.39. The van der Waals surface area contributed by atoms with E-state index in [0.29, 0.717) is 6.42 Å². The van der Waals surface area contributed by atoms with Gasteiger partial charge >= 0.3 is 5.97 Å². The van der Waals surface area contributed by atoms with Crippen LogP contribution in [0.5, 0.6) is 0 Å². The van der Waals surface area contributed by atoms with Gasteiger partial charge in [0.25, 0.3) is 0 Å². The van der Waals surface area contributed by atoms with Crippen LogP contribution >= 0.6 is 0 Å². The maximum Gasteiger partial charge on any atom is 0.307 e. The highest BCUT2D eigenvalue weighted by Crippen LogP contribution is 2.11. The lowest BCUT2D eigenvalue weighted by atomic mass is 10.0. The van der Waals surface area contributed by atoms with Crippen LogP contribution in [0.2, 0.25) is 0 Å². The van der Waals surface area contributed by atoms with Gasteiger partial charge in [0.2, 0.25) is 0 Å². The van der Waals surface area contributed by atoms with E-state index in [4.69, 9.17) is 10.2 Å². The highest BCUT2D eigenvalue weighted by molar-refractivity contribution is 5.72. The Balaban J connectivity index is 2.81. The number of hydrogen-bond donors (Lipinski definition) is 2. The largest absolute Gasteiger partial charge is 0.481 e. The molecule has 0 aromatic heterocycles. The number of benzene rings is 1. The van der Waals surface area contributed by atoms with Crippen LogP contribution in [0.15, 0.2) is 30.3 Å². The Morgan fingerprint density at radius 3 is 2.73 bits per heavy atom. The molecule has 0 heterocycles. The van der Waals surface area contributed by atoms with Crippen LogP contribution in [0.3, 0.4) is 0 Å². The normalized spacial score (nSPS) is 10.7. The molecule has 15 heavy (non-hydrogen) atoms. The zero-order chi connectivity index (χ0) is 11.1. The number of carbonyl (C=O) groups is 1. The summed E-state index contributed by atoms with van der Waals surface area (Å²) in [6.45, 7) is 0.109. The fourth-order valence-electron chi connectivity index (χ4n) is 1.31. The predicted molar refractivity (Wildman–Crippen MR) is 58.5 cm³/mol. The summed E-state index contributed by atoms with van der Waals surface area (Å²) in [6.07, 6.45) is 4.29. The zero-order valence-corrected chi connectivity index (χ0v) is 8.39. The Kier molecular flexibility index (Phi) is 4.57. The van der Waals surface area contributed by atoms with Crippen LogP contribution in [0.25, 0.3) is 6.08 Å². The molecule has 2 N–H and O–H groups in total. The minimum absolute atomic E-state index is 0.0274. The molecule has 0 spiro atoms. The molecule has 0 atom stereocenters. The van der Waals surface area contributed by atoms with Crippen LogP contribution in [0.1, 0.15) is 17.5 Å². The van der Waals surface area contributed by atoms with E-state index in [9.17, 15) is 4.79 Å². The predicted octanol–water partition coefficient (Wildman–Crippen LogP) is 1.71. The van der Waals surface area contributed by atoms with E-state index < -0.39 is 5.97 Å². The van der Waals surface area contributed by atoms with Gasteiger partial charge in [0.15, 0.2) is 0 Å². The fourth-order valence-corrected chi connectivity index (χ4v) is 1.31. The van der Waals surface area contributed by atoms with Crippen molar-refractivity contribution in [2.45, 2.75) is 12.8 Å². The van der Waals surface area contributed by atoms with Gasteiger partial charge in [-0.3, -0.25) is 4.79 Å². The molecule has 0 fully saturated rings. The average Bonchev–Trinajstić information content (AvgIpc) is 2.20. The minimum atomic E-state index is -0.835. The second-order valence-corrected chi connectivity index (χ2v) is 3.18. The van der Waals surface area contributed by atoms with Gasteiger partial charge in [-0.2, -0.15) is 0 Å². The molecule has 3 nitrogen and oxygen atoms in total. The molecule has 0 bridgehead atoms.